The van der Waals surface area contributed by atoms with Crippen LogP contribution in [0.3, 0.4) is 0 Å². The van der Waals surface area contributed by atoms with Crippen molar-refractivity contribution >= 4 is 17.5 Å². The lowest BCUT2D eigenvalue weighted by atomic mass is 10.1. The smallest absolute Gasteiger partial charge is 0.223 e. The molecule has 1 unspecified atom stereocenters. The van der Waals surface area contributed by atoms with Crippen LogP contribution in [0.1, 0.15) is 29.2 Å². The Morgan fingerprint density at radius 1 is 1.30 bits per heavy atom. The lowest BCUT2D eigenvalue weighted by Crippen LogP contribution is -2.25. The number of amides is 1. The highest BCUT2D eigenvalue weighted by atomic mass is 35.5. The van der Waals surface area contributed by atoms with E-state index in [4.69, 9.17) is 16.9 Å². The minimum atomic E-state index is -0.960. The lowest BCUT2D eigenvalue weighted by molar-refractivity contribution is -0.123. The molecule has 0 aromatic heterocycles. The van der Waals surface area contributed by atoms with E-state index in [9.17, 15) is 14.3 Å². The summed E-state index contributed by atoms with van der Waals surface area (Å²) in [4.78, 5) is 11.8. The molecule has 6 heteroatoms. The predicted octanol–water partition coefficient (Wildman–Crippen LogP) is 3.09. The van der Waals surface area contributed by atoms with Crippen molar-refractivity contribution in [1.29, 1.82) is 5.26 Å². The topological polar surface area (TPSA) is 73.1 Å². The molecule has 1 atom stereocenters. The van der Waals surface area contributed by atoms with E-state index in [0.29, 0.717) is 10.6 Å². The first-order valence-electron chi connectivity index (χ1n) is 6.88. The highest BCUT2D eigenvalue weighted by molar-refractivity contribution is 6.30. The molecule has 0 aliphatic heterocycles. The molecule has 1 amide bonds. The van der Waals surface area contributed by atoms with Gasteiger partial charge in [-0.1, -0.05) is 29.8 Å². The molecule has 0 bridgehead atoms. The van der Waals surface area contributed by atoms with Crippen molar-refractivity contribution in [2.75, 3.05) is 0 Å². The van der Waals surface area contributed by atoms with Crippen LogP contribution in [0.15, 0.2) is 42.5 Å². The van der Waals surface area contributed by atoms with Gasteiger partial charge in [0.1, 0.15) is 5.82 Å². The van der Waals surface area contributed by atoms with E-state index in [1.54, 1.807) is 24.3 Å². The van der Waals surface area contributed by atoms with E-state index in [1.165, 1.54) is 12.1 Å². The Morgan fingerprint density at radius 3 is 2.61 bits per heavy atom. The van der Waals surface area contributed by atoms with E-state index in [1.807, 2.05) is 6.07 Å². The quantitative estimate of drug-likeness (QED) is 0.883. The van der Waals surface area contributed by atoms with Crippen molar-refractivity contribution in [3.8, 4) is 6.07 Å². The van der Waals surface area contributed by atoms with Gasteiger partial charge in [0, 0.05) is 17.1 Å². The third kappa shape index (κ3) is 4.78. The number of hydrogen-bond donors (Lipinski definition) is 2. The van der Waals surface area contributed by atoms with Crippen LogP contribution in [-0.4, -0.2) is 11.0 Å². The second-order valence-corrected chi connectivity index (χ2v) is 5.40. The zero-order chi connectivity index (χ0) is 16.8. The summed E-state index contributed by atoms with van der Waals surface area (Å²) in [6, 6.07) is 12.4. The van der Waals surface area contributed by atoms with Crippen LogP contribution in [0.5, 0.6) is 0 Å². The van der Waals surface area contributed by atoms with E-state index in [-0.39, 0.29) is 24.1 Å². The van der Waals surface area contributed by atoms with Crippen molar-refractivity contribution in [2.45, 2.75) is 19.1 Å². The summed E-state index contributed by atoms with van der Waals surface area (Å²) >= 11 is 5.76. The summed E-state index contributed by atoms with van der Waals surface area (Å²) in [6.45, 7) is -0.0102. The van der Waals surface area contributed by atoms with Gasteiger partial charge in [0.2, 0.25) is 5.91 Å². The van der Waals surface area contributed by atoms with Gasteiger partial charge in [0.15, 0.2) is 0 Å². The van der Waals surface area contributed by atoms with Crippen LogP contribution in [0.4, 0.5) is 4.39 Å². The molecule has 0 spiro atoms. The van der Waals surface area contributed by atoms with Gasteiger partial charge in [-0.05, 0) is 29.8 Å². The SMILES string of the molecule is N#Cc1ccc(CNC(=O)CC(O)c2ccc(Cl)cc2)c(F)c1. The third-order valence-corrected chi connectivity index (χ3v) is 3.54. The second-order valence-electron chi connectivity index (χ2n) is 4.97. The van der Waals surface area contributed by atoms with Gasteiger partial charge in [0.05, 0.1) is 24.2 Å². The molecule has 23 heavy (non-hydrogen) atoms. The summed E-state index contributed by atoms with van der Waals surface area (Å²) in [5.41, 5.74) is 1.07. The lowest BCUT2D eigenvalue weighted by Gasteiger charge is -2.12. The molecule has 0 aliphatic rings. The number of nitrogens with one attached hydrogen (secondary N) is 1. The molecule has 4 nitrogen and oxygen atoms in total. The number of nitrogens with zero attached hydrogens (tertiary/aromatic N) is 1. The maximum Gasteiger partial charge on any atom is 0.223 e. The van der Waals surface area contributed by atoms with Crippen molar-refractivity contribution in [3.63, 3.8) is 0 Å². The number of rotatable bonds is 5. The molecule has 118 valence electrons. The number of hydrogen-bond acceptors (Lipinski definition) is 3. The number of carbonyl (C=O) groups excluding carboxylic acids is 1. The zero-order valence-electron chi connectivity index (χ0n) is 12.1. The second kappa shape index (κ2) is 7.73. The summed E-state index contributed by atoms with van der Waals surface area (Å²) in [5, 5.41) is 21.7. The van der Waals surface area contributed by atoms with Crippen LogP contribution >= 0.6 is 11.6 Å². The maximum absolute atomic E-state index is 13.7. The third-order valence-electron chi connectivity index (χ3n) is 3.29. The zero-order valence-corrected chi connectivity index (χ0v) is 12.8. The minimum Gasteiger partial charge on any atom is -0.388 e. The molecule has 0 saturated carbocycles. The highest BCUT2D eigenvalue weighted by Gasteiger charge is 2.13. The summed E-state index contributed by atoms with van der Waals surface area (Å²) in [7, 11) is 0. The fourth-order valence-electron chi connectivity index (χ4n) is 2.00. The molecule has 0 heterocycles. The molecule has 2 aromatic rings. The number of nitriles is 1. The van der Waals surface area contributed by atoms with Crippen molar-refractivity contribution in [1.82, 2.24) is 5.32 Å². The van der Waals surface area contributed by atoms with Crippen molar-refractivity contribution in [3.05, 3.63) is 70.0 Å². The van der Waals surface area contributed by atoms with Gasteiger partial charge in [-0.15, -0.1) is 0 Å². The molecular weight excluding hydrogens is 319 g/mol. The van der Waals surface area contributed by atoms with Gasteiger partial charge in [-0.25, -0.2) is 4.39 Å². The molecule has 0 saturated heterocycles. The average Bonchev–Trinajstić information content (AvgIpc) is 2.54. The Labute approximate surface area is 138 Å². The monoisotopic (exact) mass is 332 g/mol. The van der Waals surface area contributed by atoms with Crippen LogP contribution in [0.2, 0.25) is 5.02 Å². The molecule has 0 radical (unpaired) electrons. The standard InChI is InChI=1S/C17H14ClFN2O2/c18-14-5-3-12(4-6-14)16(22)8-17(23)21-10-13-2-1-11(9-20)7-15(13)19/h1-7,16,22H,8,10H2,(H,21,23). The molecular formula is C17H14ClFN2O2. The van der Waals surface area contributed by atoms with Gasteiger partial charge in [-0.3, -0.25) is 4.79 Å². The maximum atomic E-state index is 13.7. The Hall–Kier alpha value is -2.42. The Balaban J connectivity index is 1.90. The fraction of sp³-hybridized carbons (Fsp3) is 0.176. The number of aliphatic hydroxyl groups is 1. The molecule has 2 aromatic carbocycles. The van der Waals surface area contributed by atoms with Crippen LogP contribution in [0.25, 0.3) is 0 Å². The number of aliphatic hydroxyl groups excluding tert-OH is 1. The Kier molecular flexibility index (Phi) is 5.69. The van der Waals surface area contributed by atoms with Gasteiger partial charge >= 0.3 is 0 Å². The van der Waals surface area contributed by atoms with E-state index in [2.05, 4.69) is 5.32 Å². The fourth-order valence-corrected chi connectivity index (χ4v) is 2.13. The van der Waals surface area contributed by atoms with Gasteiger partial charge < -0.3 is 10.4 Å². The summed E-state index contributed by atoms with van der Waals surface area (Å²) in [5.74, 6) is -0.959. The molecule has 2 rings (SSSR count). The van der Waals surface area contributed by atoms with Crippen LogP contribution in [0, 0.1) is 17.1 Å². The van der Waals surface area contributed by atoms with Crippen molar-refractivity contribution < 1.29 is 14.3 Å². The Morgan fingerprint density at radius 2 is 2.00 bits per heavy atom. The molecule has 2 N–H and O–H groups in total. The van der Waals surface area contributed by atoms with Crippen LogP contribution in [-0.2, 0) is 11.3 Å². The normalized spacial score (nSPS) is 11.6. The first kappa shape index (κ1) is 16.9. The average molecular weight is 333 g/mol. The van der Waals surface area contributed by atoms with E-state index < -0.39 is 17.8 Å². The first-order valence-corrected chi connectivity index (χ1v) is 7.26. The number of benzene rings is 2. The summed E-state index contributed by atoms with van der Waals surface area (Å²) in [6.07, 6.45) is -1.10. The van der Waals surface area contributed by atoms with E-state index >= 15 is 0 Å². The molecule has 0 aliphatic carbocycles. The minimum absolute atomic E-state index is 0.0102. The number of halogens is 2. The van der Waals surface area contributed by atoms with E-state index in [0.717, 1.165) is 6.07 Å². The van der Waals surface area contributed by atoms with Gasteiger partial charge in [0.25, 0.3) is 0 Å². The first-order chi connectivity index (χ1) is 11.0. The number of carbonyl (C=O) groups is 1. The van der Waals surface area contributed by atoms with Gasteiger partial charge in [-0.2, -0.15) is 5.26 Å². The largest absolute Gasteiger partial charge is 0.388 e. The van der Waals surface area contributed by atoms with Crippen molar-refractivity contribution in [2.24, 2.45) is 0 Å². The van der Waals surface area contributed by atoms with Crippen LogP contribution < -0.4 is 5.32 Å². The Bertz CT molecular complexity index is 741. The summed E-state index contributed by atoms with van der Waals surface area (Å²) < 4.78 is 13.7. The molecule has 0 fully saturated rings. The predicted molar refractivity (Wildman–Crippen MR) is 84.0 cm³/mol. The highest BCUT2D eigenvalue weighted by Crippen LogP contribution is 2.19.